The molecule has 0 unspecified atom stereocenters. The number of aromatic nitrogens is 3. The van der Waals surface area contributed by atoms with Crippen molar-refractivity contribution in [1.82, 2.24) is 19.3 Å². The van der Waals surface area contributed by atoms with Gasteiger partial charge in [0.2, 0.25) is 0 Å². The van der Waals surface area contributed by atoms with Gasteiger partial charge in [-0.1, -0.05) is 6.07 Å². The van der Waals surface area contributed by atoms with Crippen LogP contribution in [-0.4, -0.2) is 63.4 Å². The summed E-state index contributed by atoms with van der Waals surface area (Å²) in [5.41, 5.74) is 2.91. The molecule has 0 radical (unpaired) electrons. The lowest BCUT2D eigenvalue weighted by molar-refractivity contribution is 0.0283. The molecule has 0 aromatic carbocycles. The van der Waals surface area contributed by atoms with Crippen LogP contribution in [0.5, 0.6) is 5.75 Å². The molecule has 1 aliphatic carbocycles. The van der Waals surface area contributed by atoms with Gasteiger partial charge in [-0.25, -0.2) is 19.2 Å². The van der Waals surface area contributed by atoms with Crippen LogP contribution in [0.2, 0.25) is 0 Å². The molecule has 2 atom stereocenters. The normalized spacial score (nSPS) is 20.6. The van der Waals surface area contributed by atoms with Crippen molar-refractivity contribution < 1.29 is 18.7 Å². The van der Waals surface area contributed by atoms with Crippen LogP contribution in [0.4, 0.5) is 15.0 Å². The van der Waals surface area contributed by atoms with Crippen molar-refractivity contribution in [3.05, 3.63) is 42.2 Å². The summed E-state index contributed by atoms with van der Waals surface area (Å²) >= 11 is 0. The first-order chi connectivity index (χ1) is 16.2. The van der Waals surface area contributed by atoms with Crippen LogP contribution < -0.4 is 10.1 Å². The molecule has 3 aromatic rings. The summed E-state index contributed by atoms with van der Waals surface area (Å²) in [6.07, 6.45) is 4.47. The van der Waals surface area contributed by atoms with Gasteiger partial charge in [-0.3, -0.25) is 4.40 Å². The Bertz CT molecular complexity index is 1220. The molecule has 1 N–H and O–H groups in total. The van der Waals surface area contributed by atoms with Crippen LogP contribution in [0.1, 0.15) is 45.1 Å². The smallest absolute Gasteiger partial charge is 0.410 e. The van der Waals surface area contributed by atoms with E-state index in [1.165, 1.54) is 10.5 Å². The number of anilines is 1. The molecule has 5 rings (SSSR count). The molecule has 1 aliphatic heterocycles. The molecule has 1 amide bonds. The van der Waals surface area contributed by atoms with Crippen molar-refractivity contribution >= 4 is 17.6 Å². The molecule has 8 nitrogen and oxygen atoms in total. The average molecular weight is 468 g/mol. The Morgan fingerprint density at radius 2 is 2.03 bits per heavy atom. The number of ether oxygens (including phenoxy) is 2. The van der Waals surface area contributed by atoms with Crippen LogP contribution in [-0.2, 0) is 4.74 Å². The fourth-order valence-corrected chi connectivity index (χ4v) is 4.31. The second-order valence-corrected chi connectivity index (χ2v) is 10.0. The second kappa shape index (κ2) is 8.45. The van der Waals surface area contributed by atoms with E-state index >= 15 is 0 Å². The molecular formula is C25H30FN5O3. The number of hydrogen-bond donors (Lipinski definition) is 1. The Kier molecular flexibility index (Phi) is 5.58. The average Bonchev–Trinajstić information content (AvgIpc) is 3.45. The number of hydrogen-bond acceptors (Lipinski definition) is 6. The minimum absolute atomic E-state index is 0.00862. The van der Waals surface area contributed by atoms with E-state index in [0.29, 0.717) is 11.7 Å². The van der Waals surface area contributed by atoms with Crippen LogP contribution in [0.15, 0.2) is 36.7 Å². The van der Waals surface area contributed by atoms with Crippen molar-refractivity contribution in [1.29, 1.82) is 0 Å². The third kappa shape index (κ3) is 4.51. The summed E-state index contributed by atoms with van der Waals surface area (Å²) in [5, 5.41) is 3.16. The van der Waals surface area contributed by atoms with E-state index in [9.17, 15) is 9.18 Å². The van der Waals surface area contributed by atoms with Gasteiger partial charge in [-0.2, -0.15) is 0 Å². The zero-order valence-electron chi connectivity index (χ0n) is 19.9. The third-order valence-electron chi connectivity index (χ3n) is 6.12. The molecular weight excluding hydrogens is 437 g/mol. The van der Waals surface area contributed by atoms with Crippen molar-refractivity contribution in [3.63, 3.8) is 0 Å². The lowest BCUT2D eigenvalue weighted by Gasteiger charge is -2.24. The van der Waals surface area contributed by atoms with Gasteiger partial charge in [0.15, 0.2) is 0 Å². The van der Waals surface area contributed by atoms with Crippen molar-refractivity contribution in [2.24, 2.45) is 0 Å². The SMILES string of the molecule is COc1cc2ncc(-c3cccc(N[C@H]4CN(C(=O)OC(C)(C)C)C[C@@H]4F)n3)n2cc1C1CC1. The van der Waals surface area contributed by atoms with E-state index in [0.717, 1.165) is 35.6 Å². The number of halogens is 1. The van der Waals surface area contributed by atoms with E-state index in [2.05, 4.69) is 16.5 Å². The number of pyridine rings is 2. The maximum absolute atomic E-state index is 14.7. The monoisotopic (exact) mass is 467 g/mol. The van der Waals surface area contributed by atoms with Crippen molar-refractivity contribution in [2.75, 3.05) is 25.5 Å². The topological polar surface area (TPSA) is 81.0 Å². The maximum Gasteiger partial charge on any atom is 0.410 e. The number of fused-ring (bicyclic) bond motifs is 1. The molecule has 2 fully saturated rings. The summed E-state index contributed by atoms with van der Waals surface area (Å²) < 4.78 is 27.7. The van der Waals surface area contributed by atoms with Gasteiger partial charge in [0.25, 0.3) is 0 Å². The van der Waals surface area contributed by atoms with Crippen molar-refractivity contribution in [2.45, 2.75) is 57.3 Å². The predicted molar refractivity (Wildman–Crippen MR) is 127 cm³/mol. The number of likely N-dealkylation sites (tertiary alicyclic amines) is 1. The summed E-state index contributed by atoms with van der Waals surface area (Å²) in [6, 6.07) is 6.97. The number of nitrogens with zero attached hydrogens (tertiary/aromatic N) is 4. The Hall–Kier alpha value is -3.36. The maximum atomic E-state index is 14.7. The van der Waals surface area contributed by atoms with Gasteiger partial charge in [0.1, 0.15) is 29.0 Å². The molecule has 1 saturated heterocycles. The standard InChI is InChI=1S/C25H30FN5O3/c1-25(2,3)34-24(32)30-13-17(26)19(14-30)29-22-7-5-6-18(28-22)20-11-27-23-10-21(33-4)16(12-31(20)23)15-8-9-15/h5-7,10-12,15,17,19H,8-9,13-14H2,1-4H3,(H,28,29)/t17-,19-/m0/s1. The Balaban J connectivity index is 1.36. The van der Waals surface area contributed by atoms with Gasteiger partial charge in [0, 0.05) is 24.4 Å². The minimum Gasteiger partial charge on any atom is -0.496 e. The van der Waals surface area contributed by atoms with Gasteiger partial charge >= 0.3 is 6.09 Å². The van der Waals surface area contributed by atoms with E-state index in [1.54, 1.807) is 40.1 Å². The number of carbonyl (C=O) groups excluding carboxylic acids is 1. The number of alkyl halides is 1. The van der Waals surface area contributed by atoms with E-state index in [-0.39, 0.29) is 13.1 Å². The van der Waals surface area contributed by atoms with Crippen LogP contribution in [0.25, 0.3) is 17.0 Å². The molecule has 4 heterocycles. The fraction of sp³-hybridized carbons (Fsp3) is 0.480. The molecule has 2 aliphatic rings. The largest absolute Gasteiger partial charge is 0.496 e. The van der Waals surface area contributed by atoms with E-state index < -0.39 is 23.9 Å². The van der Waals surface area contributed by atoms with E-state index in [4.69, 9.17) is 14.5 Å². The molecule has 180 valence electrons. The Morgan fingerprint density at radius 3 is 2.74 bits per heavy atom. The Labute approximate surface area is 198 Å². The van der Waals surface area contributed by atoms with Gasteiger partial charge in [0.05, 0.1) is 37.3 Å². The molecule has 0 bridgehead atoms. The van der Waals surface area contributed by atoms with Crippen LogP contribution in [0, 0.1) is 0 Å². The lowest BCUT2D eigenvalue weighted by atomic mass is 10.1. The van der Waals surface area contributed by atoms with Gasteiger partial charge in [-0.15, -0.1) is 0 Å². The number of methoxy groups -OCH3 is 1. The summed E-state index contributed by atoms with van der Waals surface area (Å²) in [4.78, 5) is 23.0. The van der Waals surface area contributed by atoms with Gasteiger partial charge in [-0.05, 0) is 51.7 Å². The van der Waals surface area contributed by atoms with E-state index in [1.807, 2.05) is 22.6 Å². The molecule has 3 aromatic heterocycles. The number of nitrogens with one attached hydrogen (secondary N) is 1. The number of imidazole rings is 1. The molecule has 1 saturated carbocycles. The zero-order valence-corrected chi connectivity index (χ0v) is 19.9. The summed E-state index contributed by atoms with van der Waals surface area (Å²) in [5.74, 6) is 1.93. The highest BCUT2D eigenvalue weighted by Crippen LogP contribution is 2.44. The highest BCUT2D eigenvalue weighted by molar-refractivity contribution is 5.69. The highest BCUT2D eigenvalue weighted by atomic mass is 19.1. The van der Waals surface area contributed by atoms with Crippen LogP contribution >= 0.6 is 0 Å². The lowest BCUT2D eigenvalue weighted by Crippen LogP contribution is -2.36. The first kappa shape index (κ1) is 22.4. The zero-order chi connectivity index (χ0) is 24.0. The first-order valence-electron chi connectivity index (χ1n) is 11.6. The number of rotatable bonds is 5. The number of amides is 1. The predicted octanol–water partition coefficient (Wildman–Crippen LogP) is 4.65. The molecule has 34 heavy (non-hydrogen) atoms. The minimum atomic E-state index is -1.22. The van der Waals surface area contributed by atoms with Gasteiger partial charge < -0.3 is 19.7 Å². The fourth-order valence-electron chi connectivity index (χ4n) is 4.31. The quantitative estimate of drug-likeness (QED) is 0.588. The molecule has 9 heteroatoms. The summed E-state index contributed by atoms with van der Waals surface area (Å²) in [6.45, 7) is 5.59. The highest BCUT2D eigenvalue weighted by Gasteiger charge is 2.37. The van der Waals surface area contributed by atoms with Crippen LogP contribution in [0.3, 0.4) is 0 Å². The third-order valence-corrected chi connectivity index (χ3v) is 6.12. The van der Waals surface area contributed by atoms with Crippen molar-refractivity contribution in [3.8, 4) is 17.1 Å². The summed E-state index contributed by atoms with van der Waals surface area (Å²) in [7, 11) is 1.68. The Morgan fingerprint density at radius 1 is 1.24 bits per heavy atom. The second-order valence-electron chi connectivity index (χ2n) is 10.0. The number of carbonyl (C=O) groups is 1. The first-order valence-corrected chi connectivity index (χ1v) is 11.6. The molecule has 0 spiro atoms.